The van der Waals surface area contributed by atoms with Gasteiger partial charge >= 0.3 is 0 Å². The number of thiocarbonyl (C=S) groups is 1. The maximum Gasteiger partial charge on any atom is 0.104 e. The van der Waals surface area contributed by atoms with E-state index in [1.807, 2.05) is 36.4 Å². The first-order valence-corrected chi connectivity index (χ1v) is 7.13. The Kier molecular flexibility index (Phi) is 5.38. The highest BCUT2D eigenvalue weighted by Gasteiger charge is 2.04. The molecule has 20 heavy (non-hydrogen) atoms. The molecule has 2 N–H and O–H groups in total. The average molecular weight is 326 g/mol. The standard InChI is InChI=1S/C15H13Cl2NOS/c16-13-3-1-2-10(6-13)8-19-9-12-5-4-11(15(18)20)7-14(12)17/h1-7H,8-9H2,(H2,18,20). The van der Waals surface area contributed by atoms with Crippen LogP contribution in [0.2, 0.25) is 10.0 Å². The van der Waals surface area contributed by atoms with Crippen molar-refractivity contribution >= 4 is 40.4 Å². The van der Waals surface area contributed by atoms with Crippen LogP contribution in [0.5, 0.6) is 0 Å². The number of hydrogen-bond donors (Lipinski definition) is 1. The molecule has 0 radical (unpaired) electrons. The van der Waals surface area contributed by atoms with Crippen molar-refractivity contribution in [1.29, 1.82) is 0 Å². The van der Waals surface area contributed by atoms with Gasteiger partial charge in [-0.25, -0.2) is 0 Å². The van der Waals surface area contributed by atoms with Gasteiger partial charge in [0.15, 0.2) is 0 Å². The summed E-state index contributed by atoms with van der Waals surface area (Å²) in [7, 11) is 0. The van der Waals surface area contributed by atoms with E-state index in [-0.39, 0.29) is 0 Å². The van der Waals surface area contributed by atoms with Gasteiger partial charge in [-0.1, -0.05) is 59.7 Å². The number of nitrogens with two attached hydrogens (primary N) is 1. The van der Waals surface area contributed by atoms with Gasteiger partial charge in [0.1, 0.15) is 4.99 Å². The minimum absolute atomic E-state index is 0.332. The number of benzene rings is 2. The predicted molar refractivity (Wildman–Crippen MR) is 87.3 cm³/mol. The van der Waals surface area contributed by atoms with Crippen molar-refractivity contribution in [2.75, 3.05) is 0 Å². The van der Waals surface area contributed by atoms with Gasteiger partial charge in [0.25, 0.3) is 0 Å². The highest BCUT2D eigenvalue weighted by atomic mass is 35.5. The molecule has 5 heteroatoms. The summed E-state index contributed by atoms with van der Waals surface area (Å²) in [4.78, 5) is 0.332. The Morgan fingerprint density at radius 2 is 1.90 bits per heavy atom. The zero-order valence-corrected chi connectivity index (χ0v) is 12.9. The molecule has 0 aromatic heterocycles. The van der Waals surface area contributed by atoms with Crippen molar-refractivity contribution < 1.29 is 4.74 Å². The molecular weight excluding hydrogens is 313 g/mol. The first-order valence-electron chi connectivity index (χ1n) is 5.96. The van der Waals surface area contributed by atoms with Gasteiger partial charge in [-0.2, -0.15) is 0 Å². The molecule has 2 aromatic rings. The fraction of sp³-hybridized carbons (Fsp3) is 0.133. The summed E-state index contributed by atoms with van der Waals surface area (Å²) in [6, 6.07) is 13.0. The predicted octanol–water partition coefficient (Wildman–Crippen LogP) is 4.34. The van der Waals surface area contributed by atoms with Gasteiger partial charge in [0.05, 0.1) is 13.2 Å². The Hall–Kier alpha value is -1.13. The minimum Gasteiger partial charge on any atom is -0.389 e. The third-order valence-corrected chi connectivity index (χ3v) is 3.58. The van der Waals surface area contributed by atoms with E-state index >= 15 is 0 Å². The molecule has 0 aliphatic heterocycles. The van der Waals surface area contributed by atoms with E-state index < -0.39 is 0 Å². The number of halogens is 2. The molecule has 0 atom stereocenters. The highest BCUT2D eigenvalue weighted by Crippen LogP contribution is 2.20. The molecule has 2 aromatic carbocycles. The Morgan fingerprint density at radius 3 is 2.55 bits per heavy atom. The Balaban J connectivity index is 1.96. The van der Waals surface area contributed by atoms with E-state index in [1.54, 1.807) is 6.07 Å². The van der Waals surface area contributed by atoms with E-state index in [1.165, 1.54) is 0 Å². The third-order valence-electron chi connectivity index (χ3n) is 2.75. The van der Waals surface area contributed by atoms with Crippen LogP contribution >= 0.6 is 35.4 Å². The molecule has 0 bridgehead atoms. The number of hydrogen-bond acceptors (Lipinski definition) is 2. The molecule has 104 valence electrons. The number of ether oxygens (including phenoxy) is 1. The quantitative estimate of drug-likeness (QED) is 0.830. The molecule has 0 saturated heterocycles. The summed E-state index contributed by atoms with van der Waals surface area (Å²) in [5.41, 5.74) is 8.22. The lowest BCUT2D eigenvalue weighted by Crippen LogP contribution is -2.09. The van der Waals surface area contributed by atoms with Gasteiger partial charge in [-0.3, -0.25) is 0 Å². The van der Waals surface area contributed by atoms with Crippen molar-refractivity contribution in [3.8, 4) is 0 Å². The van der Waals surface area contributed by atoms with Crippen molar-refractivity contribution in [2.45, 2.75) is 13.2 Å². The highest BCUT2D eigenvalue weighted by molar-refractivity contribution is 7.80. The van der Waals surface area contributed by atoms with E-state index in [9.17, 15) is 0 Å². The SMILES string of the molecule is NC(=S)c1ccc(COCc2cccc(Cl)c2)c(Cl)c1. The van der Waals surface area contributed by atoms with E-state index in [0.717, 1.165) is 16.7 Å². The van der Waals surface area contributed by atoms with E-state index in [2.05, 4.69) is 0 Å². The van der Waals surface area contributed by atoms with Crippen molar-refractivity contribution in [2.24, 2.45) is 5.73 Å². The monoisotopic (exact) mass is 325 g/mol. The van der Waals surface area contributed by atoms with Crippen LogP contribution in [-0.4, -0.2) is 4.99 Å². The molecule has 0 fully saturated rings. The largest absolute Gasteiger partial charge is 0.389 e. The topological polar surface area (TPSA) is 35.2 Å². The summed E-state index contributed by atoms with van der Waals surface area (Å²) in [6.45, 7) is 0.900. The van der Waals surface area contributed by atoms with Gasteiger partial charge in [-0.15, -0.1) is 0 Å². The lowest BCUT2D eigenvalue weighted by atomic mass is 10.1. The first-order chi connectivity index (χ1) is 9.56. The van der Waals surface area contributed by atoms with Crippen LogP contribution < -0.4 is 5.73 Å². The van der Waals surface area contributed by atoms with Crippen LogP contribution in [0.3, 0.4) is 0 Å². The molecule has 0 unspecified atom stereocenters. The summed E-state index contributed by atoms with van der Waals surface area (Å²) in [5.74, 6) is 0. The lowest BCUT2D eigenvalue weighted by molar-refractivity contribution is 0.107. The zero-order chi connectivity index (χ0) is 14.5. The van der Waals surface area contributed by atoms with E-state index in [0.29, 0.717) is 28.2 Å². The van der Waals surface area contributed by atoms with Crippen LogP contribution in [0.4, 0.5) is 0 Å². The molecule has 0 saturated carbocycles. The second-order valence-electron chi connectivity index (χ2n) is 4.29. The Morgan fingerprint density at radius 1 is 1.10 bits per heavy atom. The molecule has 0 spiro atoms. The minimum atomic E-state index is 0.332. The molecule has 0 amide bonds. The van der Waals surface area contributed by atoms with E-state index in [4.69, 9.17) is 45.9 Å². The summed E-state index contributed by atoms with van der Waals surface area (Å²) in [6.07, 6.45) is 0. The smallest absolute Gasteiger partial charge is 0.104 e. The normalized spacial score (nSPS) is 10.5. The molecule has 0 aliphatic carbocycles. The first kappa shape index (κ1) is 15.3. The van der Waals surface area contributed by atoms with Gasteiger partial charge in [0.2, 0.25) is 0 Å². The third kappa shape index (κ3) is 4.18. The Labute approximate surface area is 133 Å². The lowest BCUT2D eigenvalue weighted by Gasteiger charge is -2.08. The maximum atomic E-state index is 6.16. The summed E-state index contributed by atoms with van der Waals surface area (Å²) >= 11 is 17.0. The molecule has 0 aliphatic rings. The fourth-order valence-electron chi connectivity index (χ4n) is 1.72. The van der Waals surface area contributed by atoms with Gasteiger partial charge in [0, 0.05) is 15.6 Å². The van der Waals surface area contributed by atoms with Crippen LogP contribution in [0.1, 0.15) is 16.7 Å². The zero-order valence-electron chi connectivity index (χ0n) is 10.6. The van der Waals surface area contributed by atoms with Crippen LogP contribution in [0.15, 0.2) is 42.5 Å². The molecule has 2 nitrogen and oxygen atoms in total. The van der Waals surface area contributed by atoms with Gasteiger partial charge < -0.3 is 10.5 Å². The van der Waals surface area contributed by atoms with Crippen LogP contribution in [0.25, 0.3) is 0 Å². The average Bonchev–Trinajstić information content (AvgIpc) is 2.40. The summed E-state index contributed by atoms with van der Waals surface area (Å²) < 4.78 is 5.63. The van der Waals surface area contributed by atoms with Gasteiger partial charge in [-0.05, 0) is 29.3 Å². The Bertz CT molecular complexity index is 631. The van der Waals surface area contributed by atoms with Crippen molar-refractivity contribution in [1.82, 2.24) is 0 Å². The molecule has 0 heterocycles. The van der Waals surface area contributed by atoms with Crippen molar-refractivity contribution in [3.05, 3.63) is 69.2 Å². The second kappa shape index (κ2) is 7.04. The van der Waals surface area contributed by atoms with Crippen molar-refractivity contribution in [3.63, 3.8) is 0 Å². The molecular formula is C15H13Cl2NOS. The second-order valence-corrected chi connectivity index (χ2v) is 5.58. The number of rotatable bonds is 5. The van der Waals surface area contributed by atoms with Crippen LogP contribution in [-0.2, 0) is 18.0 Å². The molecule has 2 rings (SSSR count). The maximum absolute atomic E-state index is 6.16. The van der Waals surface area contributed by atoms with Crippen LogP contribution in [0, 0.1) is 0 Å². The summed E-state index contributed by atoms with van der Waals surface area (Å²) in [5, 5.41) is 1.30. The fourth-order valence-corrected chi connectivity index (χ4v) is 2.30.